The predicted octanol–water partition coefficient (Wildman–Crippen LogP) is 2.38. The molecule has 0 amide bonds. The van der Waals surface area contributed by atoms with E-state index >= 15 is 0 Å². The summed E-state index contributed by atoms with van der Waals surface area (Å²) in [5.41, 5.74) is 0. The minimum Gasteiger partial charge on any atom is -0.488 e. The third kappa shape index (κ3) is 3.16. The summed E-state index contributed by atoms with van der Waals surface area (Å²) in [6.07, 6.45) is 0.549. The van der Waals surface area contributed by atoms with Crippen molar-refractivity contribution < 1.29 is 14.3 Å². The van der Waals surface area contributed by atoms with Gasteiger partial charge in [-0.05, 0) is 34.1 Å². The summed E-state index contributed by atoms with van der Waals surface area (Å²) in [6.45, 7) is 0.620. The molecule has 0 aromatic heterocycles. The number of rotatable bonds is 3. The monoisotopic (exact) mass is 333 g/mol. The lowest BCUT2D eigenvalue weighted by molar-refractivity contribution is -0.142. The van der Waals surface area contributed by atoms with Crippen molar-refractivity contribution in [3.63, 3.8) is 0 Å². The van der Waals surface area contributed by atoms with Gasteiger partial charge in [-0.25, -0.2) is 0 Å². The molecule has 0 unspecified atom stereocenters. The van der Waals surface area contributed by atoms with Crippen LogP contribution in [0.5, 0.6) is 5.75 Å². The van der Waals surface area contributed by atoms with Gasteiger partial charge < -0.3 is 14.8 Å². The second-order valence-electron chi connectivity index (χ2n) is 4.03. The lowest BCUT2D eigenvalue weighted by Crippen LogP contribution is -2.31. The van der Waals surface area contributed by atoms with Gasteiger partial charge in [-0.15, -0.1) is 0 Å². The number of hydrogen-bond donors (Lipinski definition) is 1. The van der Waals surface area contributed by atoms with Crippen LogP contribution in [-0.2, 0) is 9.53 Å². The van der Waals surface area contributed by atoms with Crippen LogP contribution < -0.4 is 10.1 Å². The van der Waals surface area contributed by atoms with Crippen LogP contribution in [0.1, 0.15) is 6.42 Å². The summed E-state index contributed by atoms with van der Waals surface area (Å²) >= 11 is 9.25. The van der Waals surface area contributed by atoms with Gasteiger partial charge in [0.05, 0.1) is 11.6 Å². The van der Waals surface area contributed by atoms with E-state index in [9.17, 15) is 4.79 Å². The number of halogens is 2. The van der Waals surface area contributed by atoms with Crippen molar-refractivity contribution in [2.75, 3.05) is 13.7 Å². The molecule has 1 N–H and O–H groups in total. The molecule has 0 saturated carbocycles. The number of nitrogens with one attached hydrogen (secondary N) is 1. The summed E-state index contributed by atoms with van der Waals surface area (Å²) in [7, 11) is 1.38. The highest BCUT2D eigenvalue weighted by Crippen LogP contribution is 2.29. The lowest BCUT2D eigenvalue weighted by Gasteiger charge is -2.14. The van der Waals surface area contributed by atoms with Gasteiger partial charge in [0.15, 0.2) is 0 Å². The molecule has 1 fully saturated rings. The fourth-order valence-corrected chi connectivity index (χ4v) is 2.64. The van der Waals surface area contributed by atoms with E-state index in [0.717, 1.165) is 10.2 Å². The van der Waals surface area contributed by atoms with Crippen LogP contribution in [0.4, 0.5) is 0 Å². The Bertz CT molecular complexity index is 455. The zero-order valence-corrected chi connectivity index (χ0v) is 12.1. The number of methoxy groups -OCH3 is 1. The predicted molar refractivity (Wildman–Crippen MR) is 72.0 cm³/mol. The molecule has 98 valence electrons. The minimum atomic E-state index is -0.286. The van der Waals surface area contributed by atoms with E-state index in [0.29, 0.717) is 18.0 Å². The van der Waals surface area contributed by atoms with E-state index in [2.05, 4.69) is 26.0 Å². The zero-order chi connectivity index (χ0) is 13.1. The van der Waals surface area contributed by atoms with Gasteiger partial charge in [-0.1, -0.05) is 11.6 Å². The number of benzene rings is 1. The van der Waals surface area contributed by atoms with Crippen LogP contribution in [0.3, 0.4) is 0 Å². The average Bonchev–Trinajstić information content (AvgIpc) is 2.80. The topological polar surface area (TPSA) is 47.6 Å². The van der Waals surface area contributed by atoms with Gasteiger partial charge in [-0.2, -0.15) is 0 Å². The van der Waals surface area contributed by atoms with E-state index in [4.69, 9.17) is 16.3 Å². The maximum atomic E-state index is 11.4. The van der Waals surface area contributed by atoms with Gasteiger partial charge in [0.2, 0.25) is 0 Å². The summed E-state index contributed by atoms with van der Waals surface area (Å²) in [4.78, 5) is 11.4. The van der Waals surface area contributed by atoms with Crippen LogP contribution in [0, 0.1) is 0 Å². The van der Waals surface area contributed by atoms with E-state index < -0.39 is 0 Å². The molecule has 18 heavy (non-hydrogen) atoms. The number of carbonyl (C=O) groups is 1. The van der Waals surface area contributed by atoms with Crippen LogP contribution in [0.2, 0.25) is 5.02 Å². The van der Waals surface area contributed by atoms with E-state index in [1.807, 2.05) is 0 Å². The first-order valence-corrected chi connectivity index (χ1v) is 6.70. The maximum Gasteiger partial charge on any atom is 0.323 e. The molecule has 4 nitrogen and oxygen atoms in total. The number of esters is 1. The van der Waals surface area contributed by atoms with Gasteiger partial charge in [0.25, 0.3) is 0 Å². The zero-order valence-electron chi connectivity index (χ0n) is 9.78. The summed E-state index contributed by atoms with van der Waals surface area (Å²) in [6, 6.07) is 5.06. The highest BCUT2D eigenvalue weighted by Gasteiger charge is 2.31. The minimum absolute atomic E-state index is 0.0495. The molecule has 1 heterocycles. The molecule has 6 heteroatoms. The smallest absolute Gasteiger partial charge is 0.323 e. The van der Waals surface area contributed by atoms with Crippen molar-refractivity contribution in [3.05, 3.63) is 27.7 Å². The second kappa shape index (κ2) is 5.91. The van der Waals surface area contributed by atoms with Crippen LogP contribution in [0.25, 0.3) is 0 Å². The molecule has 0 bridgehead atoms. The van der Waals surface area contributed by atoms with E-state index in [1.54, 1.807) is 18.2 Å². The van der Waals surface area contributed by atoms with Gasteiger partial charge in [-0.3, -0.25) is 4.79 Å². The summed E-state index contributed by atoms with van der Waals surface area (Å²) in [5.74, 6) is 0.466. The van der Waals surface area contributed by atoms with Crippen molar-refractivity contribution in [2.24, 2.45) is 0 Å². The third-order valence-corrected chi connectivity index (χ3v) is 3.62. The van der Waals surface area contributed by atoms with Crippen molar-refractivity contribution in [1.29, 1.82) is 0 Å². The largest absolute Gasteiger partial charge is 0.488 e. The van der Waals surface area contributed by atoms with Crippen molar-refractivity contribution in [1.82, 2.24) is 5.32 Å². The number of ether oxygens (including phenoxy) is 2. The van der Waals surface area contributed by atoms with Gasteiger partial charge in [0, 0.05) is 18.0 Å². The maximum absolute atomic E-state index is 11.4. The normalized spacial score (nSPS) is 22.8. The van der Waals surface area contributed by atoms with Crippen molar-refractivity contribution in [3.8, 4) is 5.75 Å². The number of hydrogen-bond acceptors (Lipinski definition) is 4. The molecule has 0 radical (unpaired) electrons. The first-order chi connectivity index (χ1) is 8.60. The lowest BCUT2D eigenvalue weighted by atomic mass is 10.2. The second-order valence-corrected chi connectivity index (χ2v) is 5.33. The van der Waals surface area contributed by atoms with Crippen molar-refractivity contribution in [2.45, 2.75) is 18.6 Å². The summed E-state index contributed by atoms with van der Waals surface area (Å²) in [5, 5.41) is 3.71. The number of carbonyl (C=O) groups excluding carboxylic acids is 1. The van der Waals surface area contributed by atoms with E-state index in [-0.39, 0.29) is 18.1 Å². The third-order valence-electron chi connectivity index (χ3n) is 2.76. The molecule has 1 aliphatic rings. The molecule has 0 aliphatic carbocycles. The highest BCUT2D eigenvalue weighted by atomic mass is 79.9. The molecular weight excluding hydrogens is 321 g/mol. The van der Waals surface area contributed by atoms with Crippen molar-refractivity contribution >= 4 is 33.5 Å². The van der Waals surface area contributed by atoms with Gasteiger partial charge >= 0.3 is 5.97 Å². The Labute approximate surface area is 119 Å². The Balaban J connectivity index is 1.97. The van der Waals surface area contributed by atoms with Crippen LogP contribution >= 0.6 is 27.5 Å². The summed E-state index contributed by atoms with van der Waals surface area (Å²) < 4.78 is 11.3. The molecule has 2 rings (SSSR count). The van der Waals surface area contributed by atoms with Gasteiger partial charge in [0.1, 0.15) is 17.9 Å². The molecule has 1 aromatic rings. The van der Waals surface area contributed by atoms with E-state index in [1.165, 1.54) is 7.11 Å². The molecule has 2 atom stereocenters. The Morgan fingerprint density at radius 3 is 3.00 bits per heavy atom. The first kappa shape index (κ1) is 13.6. The average molecular weight is 335 g/mol. The Morgan fingerprint density at radius 2 is 2.33 bits per heavy atom. The molecule has 1 aromatic carbocycles. The SMILES string of the molecule is COC(=O)[C@H]1C[C@@H](Oc2ccc(Cl)cc2Br)CN1. The van der Waals surface area contributed by atoms with Crippen LogP contribution in [0.15, 0.2) is 22.7 Å². The molecular formula is C12H13BrClNO3. The standard InChI is InChI=1S/C12H13BrClNO3/c1-17-12(16)10-5-8(6-15-10)18-11-3-2-7(14)4-9(11)13/h2-4,8,10,15H,5-6H2,1H3/t8-,10-/m1/s1. The fourth-order valence-electron chi connectivity index (χ4n) is 1.87. The molecule has 1 saturated heterocycles. The van der Waals surface area contributed by atoms with Crippen LogP contribution in [-0.4, -0.2) is 31.8 Å². The fraction of sp³-hybridized carbons (Fsp3) is 0.417. The Morgan fingerprint density at radius 1 is 1.56 bits per heavy atom. The molecule has 0 spiro atoms. The Kier molecular flexibility index (Phi) is 4.48. The highest BCUT2D eigenvalue weighted by molar-refractivity contribution is 9.10. The molecule has 1 aliphatic heterocycles. The first-order valence-electron chi connectivity index (χ1n) is 5.53. The quantitative estimate of drug-likeness (QED) is 0.862. The Hall–Kier alpha value is -0.780.